The summed E-state index contributed by atoms with van der Waals surface area (Å²) < 4.78 is 1.27. The molecule has 0 saturated carbocycles. The lowest BCUT2D eigenvalue weighted by Gasteiger charge is -2.30. The minimum atomic E-state index is -0.288. The van der Waals surface area contributed by atoms with E-state index in [9.17, 15) is 0 Å². The fraction of sp³-hybridized carbons (Fsp3) is 0.0769. The van der Waals surface area contributed by atoms with Gasteiger partial charge in [0.2, 0.25) is 0 Å². The number of hydrogen-bond donors (Lipinski definition) is 0. The van der Waals surface area contributed by atoms with Crippen molar-refractivity contribution in [2.45, 2.75) is 19.3 Å². The normalized spacial score (nSPS) is 13.2. The molecule has 0 unspecified atom stereocenters. The van der Waals surface area contributed by atoms with Crippen LogP contribution in [0.3, 0.4) is 0 Å². The Labute approximate surface area is 240 Å². The summed E-state index contributed by atoms with van der Waals surface area (Å²) in [6, 6.07) is 40.8. The van der Waals surface area contributed by atoms with E-state index < -0.39 is 0 Å². The van der Waals surface area contributed by atoms with Crippen molar-refractivity contribution in [1.82, 2.24) is 0 Å². The maximum absolute atomic E-state index is 4.07. The molecular formula is C39H30S. The molecule has 40 heavy (non-hydrogen) atoms. The smallest absolute Gasteiger partial charge is 0.0725 e. The van der Waals surface area contributed by atoms with Crippen LogP contribution in [-0.2, 0) is 5.41 Å². The molecule has 0 atom stereocenters. The Bertz CT molecular complexity index is 1920. The highest BCUT2D eigenvalue weighted by Gasteiger charge is 2.51. The summed E-state index contributed by atoms with van der Waals surface area (Å²) in [5, 5.41) is 1.24. The van der Waals surface area contributed by atoms with Gasteiger partial charge in [-0.1, -0.05) is 130 Å². The third-order valence-electron chi connectivity index (χ3n) is 8.48. The van der Waals surface area contributed by atoms with E-state index in [1.807, 2.05) is 26.0 Å². The number of hydrogen-bond acceptors (Lipinski definition) is 1. The molecule has 8 rings (SSSR count). The Morgan fingerprint density at radius 1 is 0.550 bits per heavy atom. The van der Waals surface area contributed by atoms with Crippen molar-refractivity contribution in [2.75, 3.05) is 0 Å². The van der Waals surface area contributed by atoms with Gasteiger partial charge in [-0.05, 0) is 79.4 Å². The fourth-order valence-corrected chi connectivity index (χ4v) is 7.99. The van der Waals surface area contributed by atoms with Gasteiger partial charge in [-0.3, -0.25) is 0 Å². The molecular weight excluding hydrogens is 500 g/mol. The molecule has 0 radical (unpaired) electrons. The average molecular weight is 531 g/mol. The number of rotatable bonds is 3. The summed E-state index contributed by atoms with van der Waals surface area (Å²) in [5.41, 5.74) is 14.2. The van der Waals surface area contributed by atoms with Crippen molar-refractivity contribution in [3.8, 4) is 33.4 Å². The summed E-state index contributed by atoms with van der Waals surface area (Å²) in [6.45, 7) is 12.1. The van der Waals surface area contributed by atoms with E-state index in [1.165, 1.54) is 76.2 Å². The summed E-state index contributed by atoms with van der Waals surface area (Å²) in [7, 11) is 0. The predicted molar refractivity (Wildman–Crippen MR) is 175 cm³/mol. The van der Waals surface area contributed by atoms with E-state index in [1.54, 1.807) is 11.3 Å². The fourth-order valence-electron chi connectivity index (χ4n) is 6.96. The highest BCUT2D eigenvalue weighted by Crippen LogP contribution is 2.62. The van der Waals surface area contributed by atoms with Crippen LogP contribution in [0.5, 0.6) is 0 Å². The van der Waals surface area contributed by atoms with Gasteiger partial charge in [0.15, 0.2) is 0 Å². The molecule has 6 aromatic rings. The van der Waals surface area contributed by atoms with E-state index in [0.29, 0.717) is 0 Å². The summed E-state index contributed by atoms with van der Waals surface area (Å²) in [6.07, 6.45) is 3.89. The second-order valence-electron chi connectivity index (χ2n) is 10.1. The van der Waals surface area contributed by atoms with Gasteiger partial charge in [0.1, 0.15) is 0 Å². The van der Waals surface area contributed by atoms with Crippen molar-refractivity contribution in [2.24, 2.45) is 0 Å². The molecule has 0 bridgehead atoms. The monoisotopic (exact) mass is 530 g/mol. The average Bonchev–Trinajstić information content (AvgIpc) is 3.65. The molecule has 2 aliphatic rings. The minimum Gasteiger partial charge on any atom is -0.135 e. The second-order valence-corrected chi connectivity index (χ2v) is 11.2. The molecule has 1 heteroatoms. The maximum atomic E-state index is 4.07. The lowest BCUT2D eigenvalue weighted by molar-refractivity contribution is 0.794. The lowest BCUT2D eigenvalue weighted by Crippen LogP contribution is -2.25. The molecule has 1 heterocycles. The molecule has 0 nitrogen and oxygen atoms in total. The SMILES string of the molecule is C=Cc1sc2ccc(-c3ccc4c(c3)-c3ccccc3C43c4ccccc4-c4ccccc43)cc2c1C=C.CC. The van der Waals surface area contributed by atoms with Crippen LogP contribution in [-0.4, -0.2) is 0 Å². The van der Waals surface area contributed by atoms with Crippen LogP contribution < -0.4 is 0 Å². The molecule has 0 amide bonds. The van der Waals surface area contributed by atoms with Crippen LogP contribution >= 0.6 is 11.3 Å². The molecule has 192 valence electrons. The number of fused-ring (bicyclic) bond motifs is 11. The first-order valence-corrected chi connectivity index (χ1v) is 14.8. The van der Waals surface area contributed by atoms with Gasteiger partial charge in [0.25, 0.3) is 0 Å². The van der Waals surface area contributed by atoms with Gasteiger partial charge < -0.3 is 0 Å². The Morgan fingerprint density at radius 3 is 1.62 bits per heavy atom. The molecule has 5 aromatic carbocycles. The van der Waals surface area contributed by atoms with Gasteiger partial charge in [-0.2, -0.15) is 0 Å². The van der Waals surface area contributed by atoms with Crippen LogP contribution in [0.1, 0.15) is 46.5 Å². The van der Waals surface area contributed by atoms with Crippen LogP contribution in [0.15, 0.2) is 122 Å². The van der Waals surface area contributed by atoms with Crippen molar-refractivity contribution in [3.63, 3.8) is 0 Å². The third kappa shape index (κ3) is 3.13. The first kappa shape index (κ1) is 24.6. The molecule has 0 N–H and O–H groups in total. The Hall–Kier alpha value is -4.46. The van der Waals surface area contributed by atoms with Crippen LogP contribution in [0.2, 0.25) is 0 Å². The first-order valence-electron chi connectivity index (χ1n) is 14.0. The van der Waals surface area contributed by atoms with E-state index in [2.05, 4.69) is 122 Å². The Morgan fingerprint density at radius 2 is 1.05 bits per heavy atom. The highest BCUT2D eigenvalue weighted by molar-refractivity contribution is 7.20. The zero-order valence-electron chi connectivity index (χ0n) is 22.9. The zero-order valence-corrected chi connectivity index (χ0v) is 23.7. The third-order valence-corrected chi connectivity index (χ3v) is 9.66. The van der Waals surface area contributed by atoms with Crippen molar-refractivity contribution in [3.05, 3.63) is 155 Å². The largest absolute Gasteiger partial charge is 0.135 e. The first-order chi connectivity index (χ1) is 19.8. The Balaban J connectivity index is 0.00000130. The number of benzene rings is 5. The van der Waals surface area contributed by atoms with E-state index >= 15 is 0 Å². The van der Waals surface area contributed by atoms with Crippen LogP contribution in [0.25, 0.3) is 55.6 Å². The lowest BCUT2D eigenvalue weighted by atomic mass is 9.70. The van der Waals surface area contributed by atoms with E-state index in [4.69, 9.17) is 0 Å². The second kappa shape index (κ2) is 9.33. The minimum absolute atomic E-state index is 0.288. The topological polar surface area (TPSA) is 0 Å². The van der Waals surface area contributed by atoms with Crippen molar-refractivity contribution < 1.29 is 0 Å². The molecule has 0 saturated heterocycles. The van der Waals surface area contributed by atoms with Crippen LogP contribution in [0, 0.1) is 0 Å². The Kier molecular flexibility index (Phi) is 5.73. The van der Waals surface area contributed by atoms with E-state index in [-0.39, 0.29) is 5.41 Å². The van der Waals surface area contributed by atoms with Gasteiger partial charge in [0.05, 0.1) is 5.41 Å². The zero-order chi connectivity index (χ0) is 27.4. The maximum Gasteiger partial charge on any atom is 0.0725 e. The van der Waals surface area contributed by atoms with Crippen molar-refractivity contribution in [1.29, 1.82) is 0 Å². The van der Waals surface area contributed by atoms with Crippen molar-refractivity contribution >= 4 is 33.6 Å². The van der Waals surface area contributed by atoms with Gasteiger partial charge in [0, 0.05) is 15.0 Å². The molecule has 0 aliphatic heterocycles. The predicted octanol–water partition coefficient (Wildman–Crippen LogP) is 11.2. The standard InChI is InChI=1S/C37H24S.C2H6/c1-3-25-30-22-24(18-20-36(30)38-35(25)4-2)23-17-19-34-29(21-23)28-13-7-10-16-33(28)37(34)31-14-8-5-11-26(31)27-12-6-9-15-32(27)37;1-2/h3-22H,1-2H2;1-2H3. The highest BCUT2D eigenvalue weighted by atomic mass is 32.1. The number of thiophene rings is 1. The summed E-state index contributed by atoms with van der Waals surface area (Å²) >= 11 is 1.77. The molecule has 1 spiro atoms. The van der Waals surface area contributed by atoms with Crippen LogP contribution in [0.4, 0.5) is 0 Å². The van der Waals surface area contributed by atoms with E-state index in [0.717, 1.165) is 0 Å². The quantitative estimate of drug-likeness (QED) is 0.213. The van der Waals surface area contributed by atoms with Gasteiger partial charge >= 0.3 is 0 Å². The molecule has 0 fully saturated rings. The summed E-state index contributed by atoms with van der Waals surface area (Å²) in [5.74, 6) is 0. The molecule has 2 aliphatic carbocycles. The summed E-state index contributed by atoms with van der Waals surface area (Å²) in [4.78, 5) is 1.18. The van der Waals surface area contributed by atoms with Gasteiger partial charge in [-0.15, -0.1) is 11.3 Å². The molecule has 1 aromatic heterocycles. The van der Waals surface area contributed by atoms with Gasteiger partial charge in [-0.25, -0.2) is 0 Å².